The fraction of sp³-hybridized carbons (Fsp3) is 0.167. The van der Waals surface area contributed by atoms with Gasteiger partial charge >= 0.3 is 0 Å². The molecule has 3 rings (SSSR count). The van der Waals surface area contributed by atoms with Gasteiger partial charge < -0.3 is 10.6 Å². The smallest absolute Gasteiger partial charge is 0.232 e. The largest absolute Gasteiger partial charge is 0.352 e. The topological polar surface area (TPSA) is 99.4 Å². The van der Waals surface area contributed by atoms with Crippen molar-refractivity contribution in [2.24, 2.45) is 0 Å². The van der Waals surface area contributed by atoms with Crippen LogP contribution in [0.2, 0.25) is 0 Å². The van der Waals surface area contributed by atoms with Crippen molar-refractivity contribution in [1.29, 1.82) is 5.26 Å². The second-order valence-corrected chi connectivity index (χ2v) is 5.63. The van der Waals surface area contributed by atoms with E-state index in [4.69, 9.17) is 0 Å². The SMILES string of the molecule is CC(C)Nc1nc(Nc2ccncc2C#N)nc(-c2ccccc2)n1. The Morgan fingerprint density at radius 3 is 2.48 bits per heavy atom. The highest BCUT2D eigenvalue weighted by atomic mass is 15.2. The maximum absolute atomic E-state index is 9.21. The molecule has 1 aromatic carbocycles. The van der Waals surface area contributed by atoms with Crippen LogP contribution < -0.4 is 10.6 Å². The number of hydrogen-bond acceptors (Lipinski definition) is 7. The number of nitrogens with zero attached hydrogens (tertiary/aromatic N) is 5. The summed E-state index contributed by atoms with van der Waals surface area (Å²) in [6, 6.07) is 13.6. The molecule has 0 atom stereocenters. The molecule has 0 spiro atoms. The number of hydrogen-bond donors (Lipinski definition) is 2. The first-order valence-corrected chi connectivity index (χ1v) is 7.85. The number of anilines is 3. The van der Waals surface area contributed by atoms with E-state index in [9.17, 15) is 5.26 Å². The molecule has 2 heterocycles. The predicted octanol–water partition coefficient (Wildman–Crippen LogP) is 3.37. The van der Waals surface area contributed by atoms with E-state index in [1.165, 1.54) is 6.20 Å². The number of rotatable bonds is 5. The summed E-state index contributed by atoms with van der Waals surface area (Å²) in [7, 11) is 0. The zero-order valence-corrected chi connectivity index (χ0v) is 13.9. The van der Waals surface area contributed by atoms with Crippen LogP contribution in [0.15, 0.2) is 48.8 Å². The molecule has 7 heteroatoms. The van der Waals surface area contributed by atoms with Crippen LogP contribution in [0.25, 0.3) is 11.4 Å². The zero-order valence-electron chi connectivity index (χ0n) is 13.9. The average Bonchev–Trinajstić information content (AvgIpc) is 2.62. The van der Waals surface area contributed by atoms with Gasteiger partial charge in [0.1, 0.15) is 6.07 Å². The summed E-state index contributed by atoms with van der Waals surface area (Å²) < 4.78 is 0. The Morgan fingerprint density at radius 2 is 1.76 bits per heavy atom. The third-order valence-corrected chi connectivity index (χ3v) is 3.27. The summed E-state index contributed by atoms with van der Waals surface area (Å²) in [6.45, 7) is 4.02. The Kier molecular flexibility index (Phi) is 4.81. The van der Waals surface area contributed by atoms with E-state index in [0.29, 0.717) is 29.0 Å². The summed E-state index contributed by atoms with van der Waals surface area (Å²) in [6.07, 6.45) is 3.10. The Labute approximate surface area is 145 Å². The summed E-state index contributed by atoms with van der Waals surface area (Å²) in [5.41, 5.74) is 1.90. The highest BCUT2D eigenvalue weighted by molar-refractivity contribution is 5.64. The molecule has 0 aliphatic heterocycles. The minimum Gasteiger partial charge on any atom is -0.352 e. The quantitative estimate of drug-likeness (QED) is 0.739. The normalized spacial score (nSPS) is 10.3. The van der Waals surface area contributed by atoms with Gasteiger partial charge in [-0.2, -0.15) is 20.2 Å². The van der Waals surface area contributed by atoms with Crippen molar-refractivity contribution in [2.75, 3.05) is 10.6 Å². The van der Waals surface area contributed by atoms with E-state index in [-0.39, 0.29) is 6.04 Å². The summed E-state index contributed by atoms with van der Waals surface area (Å²) in [5, 5.41) is 15.5. The molecule has 0 saturated heterocycles. The van der Waals surface area contributed by atoms with Crippen molar-refractivity contribution in [1.82, 2.24) is 19.9 Å². The van der Waals surface area contributed by atoms with Crippen molar-refractivity contribution in [2.45, 2.75) is 19.9 Å². The lowest BCUT2D eigenvalue weighted by atomic mass is 10.2. The number of nitrogens with one attached hydrogen (secondary N) is 2. The molecule has 0 saturated carbocycles. The number of pyridine rings is 1. The van der Waals surface area contributed by atoms with E-state index >= 15 is 0 Å². The molecule has 0 unspecified atom stereocenters. The van der Waals surface area contributed by atoms with Crippen LogP contribution in [0.1, 0.15) is 19.4 Å². The van der Waals surface area contributed by atoms with E-state index in [0.717, 1.165) is 5.56 Å². The van der Waals surface area contributed by atoms with Crippen molar-refractivity contribution in [3.8, 4) is 17.5 Å². The minimum atomic E-state index is 0.175. The number of nitriles is 1. The van der Waals surface area contributed by atoms with Gasteiger partial charge in [0.15, 0.2) is 5.82 Å². The molecule has 0 fully saturated rings. The molecule has 7 nitrogen and oxygen atoms in total. The Balaban J connectivity index is 2.02. The zero-order chi connectivity index (χ0) is 17.6. The Hall–Kier alpha value is -3.53. The first kappa shape index (κ1) is 16.3. The lowest BCUT2D eigenvalue weighted by Crippen LogP contribution is -2.14. The van der Waals surface area contributed by atoms with Crippen molar-refractivity contribution in [3.05, 3.63) is 54.4 Å². The molecule has 124 valence electrons. The maximum atomic E-state index is 9.21. The fourth-order valence-corrected chi connectivity index (χ4v) is 2.18. The lowest BCUT2D eigenvalue weighted by Gasteiger charge is -2.12. The van der Waals surface area contributed by atoms with Gasteiger partial charge in [0.2, 0.25) is 11.9 Å². The molecule has 0 bridgehead atoms. The summed E-state index contributed by atoms with van der Waals surface area (Å²) >= 11 is 0. The molecule has 0 radical (unpaired) electrons. The van der Waals surface area contributed by atoms with Crippen LogP contribution in [0, 0.1) is 11.3 Å². The first-order chi connectivity index (χ1) is 12.2. The van der Waals surface area contributed by atoms with Gasteiger partial charge in [-0.15, -0.1) is 0 Å². The molecule has 2 aromatic heterocycles. The average molecular weight is 331 g/mol. The molecule has 0 aliphatic rings. The van der Waals surface area contributed by atoms with Gasteiger partial charge in [-0.1, -0.05) is 30.3 Å². The van der Waals surface area contributed by atoms with Crippen LogP contribution in [0.3, 0.4) is 0 Å². The molecule has 2 N–H and O–H groups in total. The molecule has 25 heavy (non-hydrogen) atoms. The monoisotopic (exact) mass is 331 g/mol. The highest BCUT2D eigenvalue weighted by Gasteiger charge is 2.11. The van der Waals surface area contributed by atoms with Gasteiger partial charge in [0.25, 0.3) is 0 Å². The molecular weight excluding hydrogens is 314 g/mol. The Morgan fingerprint density at radius 1 is 1.00 bits per heavy atom. The van der Waals surface area contributed by atoms with Gasteiger partial charge in [-0.3, -0.25) is 4.98 Å². The highest BCUT2D eigenvalue weighted by Crippen LogP contribution is 2.21. The molecule has 0 aliphatic carbocycles. The minimum absolute atomic E-state index is 0.175. The van der Waals surface area contributed by atoms with E-state index in [2.05, 4.69) is 36.6 Å². The van der Waals surface area contributed by atoms with Crippen LogP contribution in [-0.2, 0) is 0 Å². The van der Waals surface area contributed by atoms with Gasteiger partial charge in [-0.05, 0) is 19.9 Å². The standard InChI is InChI=1S/C18H17N7/c1-12(2)21-17-23-16(13-6-4-3-5-7-13)24-18(25-17)22-15-8-9-20-11-14(15)10-19/h3-9,11-12H,1-2H3,(H2,20,21,22,23,24,25). The fourth-order valence-electron chi connectivity index (χ4n) is 2.18. The lowest BCUT2D eigenvalue weighted by molar-refractivity contribution is 0.869. The number of aromatic nitrogens is 4. The summed E-state index contributed by atoms with van der Waals surface area (Å²) in [5.74, 6) is 1.38. The third-order valence-electron chi connectivity index (χ3n) is 3.27. The molecule has 0 amide bonds. The maximum Gasteiger partial charge on any atom is 0.232 e. The predicted molar refractivity (Wildman–Crippen MR) is 96.3 cm³/mol. The second-order valence-electron chi connectivity index (χ2n) is 5.63. The molecular formula is C18H17N7. The van der Waals surface area contributed by atoms with Crippen molar-refractivity contribution in [3.63, 3.8) is 0 Å². The van der Waals surface area contributed by atoms with Gasteiger partial charge in [-0.25, -0.2) is 0 Å². The van der Waals surface area contributed by atoms with Crippen LogP contribution in [0.5, 0.6) is 0 Å². The van der Waals surface area contributed by atoms with Gasteiger partial charge in [0, 0.05) is 24.0 Å². The van der Waals surface area contributed by atoms with E-state index in [1.54, 1.807) is 12.3 Å². The van der Waals surface area contributed by atoms with Crippen molar-refractivity contribution < 1.29 is 0 Å². The van der Waals surface area contributed by atoms with E-state index in [1.807, 2.05) is 44.2 Å². The van der Waals surface area contributed by atoms with E-state index < -0.39 is 0 Å². The van der Waals surface area contributed by atoms with Crippen LogP contribution in [-0.4, -0.2) is 26.0 Å². The second kappa shape index (κ2) is 7.36. The molecule has 3 aromatic rings. The Bertz CT molecular complexity index is 901. The van der Waals surface area contributed by atoms with Crippen LogP contribution in [0.4, 0.5) is 17.6 Å². The number of benzene rings is 1. The van der Waals surface area contributed by atoms with Crippen LogP contribution >= 0.6 is 0 Å². The van der Waals surface area contributed by atoms with Gasteiger partial charge in [0.05, 0.1) is 11.3 Å². The third kappa shape index (κ3) is 4.06. The summed E-state index contributed by atoms with van der Waals surface area (Å²) in [4.78, 5) is 17.3. The van der Waals surface area contributed by atoms with Crippen molar-refractivity contribution >= 4 is 17.6 Å². The first-order valence-electron chi connectivity index (χ1n) is 7.85.